The van der Waals surface area contributed by atoms with Crippen LogP contribution in [0.4, 0.5) is 0 Å². The van der Waals surface area contributed by atoms with E-state index in [0.717, 1.165) is 50.7 Å². The number of likely N-dealkylation sites (tertiary alicyclic amines) is 1. The van der Waals surface area contributed by atoms with Crippen LogP contribution in [0.3, 0.4) is 0 Å². The SMILES string of the molecule is CC(CCCN1CCC(C(O)(c2ccccc2)c2ccccc2)CC1)c1ccc(C(C)(C)CO)cc1.CO. The molecular weight excluding hydrogens is 470 g/mol. The molecule has 1 saturated heterocycles. The lowest BCUT2D eigenvalue weighted by Gasteiger charge is -2.42. The molecule has 0 aliphatic carbocycles. The van der Waals surface area contributed by atoms with Crippen LogP contribution in [-0.2, 0) is 11.0 Å². The zero-order chi connectivity index (χ0) is 27.6. The van der Waals surface area contributed by atoms with Crippen LogP contribution in [0.2, 0.25) is 0 Å². The summed E-state index contributed by atoms with van der Waals surface area (Å²) < 4.78 is 0. The van der Waals surface area contributed by atoms with Crippen molar-refractivity contribution < 1.29 is 15.3 Å². The second-order valence-corrected chi connectivity index (χ2v) is 11.3. The molecular formula is C34H47NO3. The molecule has 0 aromatic heterocycles. The van der Waals surface area contributed by atoms with Gasteiger partial charge in [-0.25, -0.2) is 0 Å². The highest BCUT2D eigenvalue weighted by molar-refractivity contribution is 5.37. The van der Waals surface area contributed by atoms with E-state index < -0.39 is 5.60 Å². The summed E-state index contributed by atoms with van der Waals surface area (Å²) in [5.74, 6) is 0.731. The molecule has 4 rings (SSSR count). The van der Waals surface area contributed by atoms with Crippen molar-refractivity contribution in [1.29, 1.82) is 0 Å². The van der Waals surface area contributed by atoms with Crippen LogP contribution >= 0.6 is 0 Å². The molecule has 1 heterocycles. The van der Waals surface area contributed by atoms with Gasteiger partial charge in [0.05, 0.1) is 6.61 Å². The molecule has 4 heteroatoms. The number of piperidine rings is 1. The van der Waals surface area contributed by atoms with Crippen LogP contribution in [0.1, 0.15) is 74.6 Å². The van der Waals surface area contributed by atoms with Gasteiger partial charge in [-0.2, -0.15) is 0 Å². The van der Waals surface area contributed by atoms with Crippen molar-refractivity contribution in [2.75, 3.05) is 33.4 Å². The fourth-order valence-corrected chi connectivity index (χ4v) is 5.74. The molecule has 1 aliphatic rings. The first-order valence-electron chi connectivity index (χ1n) is 14.1. The lowest BCUT2D eigenvalue weighted by molar-refractivity contribution is -0.0143. The Morgan fingerprint density at radius 2 is 1.29 bits per heavy atom. The van der Waals surface area contributed by atoms with Crippen molar-refractivity contribution >= 4 is 0 Å². The third kappa shape index (κ3) is 7.12. The summed E-state index contributed by atoms with van der Waals surface area (Å²) >= 11 is 0. The quantitative estimate of drug-likeness (QED) is 0.304. The first-order valence-corrected chi connectivity index (χ1v) is 14.1. The van der Waals surface area contributed by atoms with Crippen LogP contribution in [0.5, 0.6) is 0 Å². The third-order valence-corrected chi connectivity index (χ3v) is 8.37. The summed E-state index contributed by atoms with van der Waals surface area (Å²) in [6.07, 6.45) is 4.34. The molecule has 0 saturated carbocycles. The summed E-state index contributed by atoms with van der Waals surface area (Å²) in [6.45, 7) is 9.81. The van der Waals surface area contributed by atoms with Crippen molar-refractivity contribution in [3.8, 4) is 0 Å². The van der Waals surface area contributed by atoms with Crippen molar-refractivity contribution in [3.05, 3.63) is 107 Å². The summed E-state index contributed by atoms with van der Waals surface area (Å²) in [5.41, 5.74) is 3.42. The van der Waals surface area contributed by atoms with Crippen LogP contribution in [0.25, 0.3) is 0 Å². The molecule has 0 spiro atoms. The Labute approximate surface area is 230 Å². The minimum absolute atomic E-state index is 0.159. The van der Waals surface area contributed by atoms with E-state index in [1.54, 1.807) is 0 Å². The summed E-state index contributed by atoms with van der Waals surface area (Å²) in [5, 5.41) is 28.7. The number of nitrogens with zero attached hydrogens (tertiary/aromatic N) is 1. The predicted molar refractivity (Wildman–Crippen MR) is 157 cm³/mol. The van der Waals surface area contributed by atoms with E-state index in [2.05, 4.69) is 74.2 Å². The Hall–Kier alpha value is -2.50. The smallest absolute Gasteiger partial charge is 0.117 e. The maximum atomic E-state index is 12.1. The first kappa shape index (κ1) is 30.0. The highest BCUT2D eigenvalue weighted by Crippen LogP contribution is 2.42. The lowest BCUT2D eigenvalue weighted by atomic mass is 9.72. The molecule has 3 N–H and O–H groups in total. The third-order valence-electron chi connectivity index (χ3n) is 8.37. The summed E-state index contributed by atoms with van der Waals surface area (Å²) in [7, 11) is 1.00. The Bertz CT molecular complexity index is 1020. The number of hydrogen-bond donors (Lipinski definition) is 3. The van der Waals surface area contributed by atoms with E-state index in [1.807, 2.05) is 36.4 Å². The lowest BCUT2D eigenvalue weighted by Crippen LogP contribution is -2.44. The van der Waals surface area contributed by atoms with Gasteiger partial charge in [-0.3, -0.25) is 0 Å². The number of aliphatic hydroxyl groups is 3. The van der Waals surface area contributed by atoms with Crippen LogP contribution in [-0.4, -0.2) is 53.6 Å². The van der Waals surface area contributed by atoms with Gasteiger partial charge in [0.25, 0.3) is 0 Å². The van der Waals surface area contributed by atoms with Gasteiger partial charge in [0.1, 0.15) is 5.60 Å². The highest BCUT2D eigenvalue weighted by Gasteiger charge is 2.41. The van der Waals surface area contributed by atoms with Crippen molar-refractivity contribution in [1.82, 2.24) is 4.90 Å². The molecule has 1 aliphatic heterocycles. The van der Waals surface area contributed by atoms with E-state index in [0.29, 0.717) is 5.92 Å². The van der Waals surface area contributed by atoms with Gasteiger partial charge in [-0.05, 0) is 79.4 Å². The number of hydrogen-bond acceptors (Lipinski definition) is 4. The monoisotopic (exact) mass is 517 g/mol. The molecule has 206 valence electrons. The van der Waals surface area contributed by atoms with Gasteiger partial charge in [0.2, 0.25) is 0 Å². The standard InChI is InChI=1S/C33H43NO2.CH4O/c1-26(27-16-18-28(19-17-27)32(2,3)25-35)11-10-22-34-23-20-31(21-24-34)33(36,29-12-6-4-7-13-29)30-14-8-5-9-15-30;1-2/h4-9,12-19,26,31,35-36H,10-11,20-25H2,1-3H3;2H,1H3. The molecule has 1 fully saturated rings. The number of rotatable bonds is 10. The van der Waals surface area contributed by atoms with Crippen LogP contribution < -0.4 is 0 Å². The maximum absolute atomic E-state index is 12.1. The molecule has 1 unspecified atom stereocenters. The van der Waals surface area contributed by atoms with Crippen LogP contribution in [0.15, 0.2) is 84.9 Å². The van der Waals surface area contributed by atoms with E-state index in [4.69, 9.17) is 5.11 Å². The van der Waals surface area contributed by atoms with Crippen molar-refractivity contribution in [2.45, 2.75) is 63.4 Å². The number of aliphatic hydroxyl groups excluding tert-OH is 2. The van der Waals surface area contributed by atoms with Gasteiger partial charge in [-0.1, -0.05) is 106 Å². The van der Waals surface area contributed by atoms with Gasteiger partial charge in [0.15, 0.2) is 0 Å². The minimum Gasteiger partial charge on any atom is -0.400 e. The van der Waals surface area contributed by atoms with Gasteiger partial charge in [-0.15, -0.1) is 0 Å². The molecule has 1 atom stereocenters. The molecule has 0 bridgehead atoms. The van der Waals surface area contributed by atoms with E-state index >= 15 is 0 Å². The van der Waals surface area contributed by atoms with E-state index in [-0.39, 0.29) is 17.9 Å². The fraction of sp³-hybridized carbons (Fsp3) is 0.471. The maximum Gasteiger partial charge on any atom is 0.117 e. The molecule has 0 amide bonds. The Morgan fingerprint density at radius 1 is 0.789 bits per heavy atom. The Kier molecular flexibility index (Phi) is 11.1. The molecule has 38 heavy (non-hydrogen) atoms. The predicted octanol–water partition coefficient (Wildman–Crippen LogP) is 6.10. The van der Waals surface area contributed by atoms with Gasteiger partial charge in [0, 0.05) is 12.5 Å². The normalized spacial score (nSPS) is 16.0. The highest BCUT2D eigenvalue weighted by atomic mass is 16.3. The van der Waals surface area contributed by atoms with E-state index in [9.17, 15) is 10.2 Å². The zero-order valence-corrected chi connectivity index (χ0v) is 23.7. The average Bonchev–Trinajstić information content (AvgIpc) is 2.99. The van der Waals surface area contributed by atoms with E-state index in [1.165, 1.54) is 24.0 Å². The first-order chi connectivity index (χ1) is 18.3. The molecule has 3 aromatic rings. The Balaban J connectivity index is 0.00000195. The van der Waals surface area contributed by atoms with Gasteiger partial charge < -0.3 is 20.2 Å². The second kappa shape index (κ2) is 14.0. The van der Waals surface area contributed by atoms with Crippen molar-refractivity contribution in [2.24, 2.45) is 5.92 Å². The molecule has 0 radical (unpaired) electrons. The van der Waals surface area contributed by atoms with Crippen molar-refractivity contribution in [3.63, 3.8) is 0 Å². The second-order valence-electron chi connectivity index (χ2n) is 11.3. The fourth-order valence-electron chi connectivity index (χ4n) is 5.74. The minimum atomic E-state index is -0.945. The molecule has 4 nitrogen and oxygen atoms in total. The largest absolute Gasteiger partial charge is 0.400 e. The topological polar surface area (TPSA) is 63.9 Å². The number of benzene rings is 3. The Morgan fingerprint density at radius 3 is 1.76 bits per heavy atom. The summed E-state index contributed by atoms with van der Waals surface area (Å²) in [4.78, 5) is 2.58. The zero-order valence-electron chi connectivity index (χ0n) is 23.7. The van der Waals surface area contributed by atoms with Gasteiger partial charge >= 0.3 is 0 Å². The summed E-state index contributed by atoms with van der Waals surface area (Å²) in [6, 6.07) is 29.2. The van der Waals surface area contributed by atoms with Crippen LogP contribution in [0, 0.1) is 5.92 Å². The molecule has 3 aromatic carbocycles. The average molecular weight is 518 g/mol.